The van der Waals surface area contributed by atoms with Gasteiger partial charge in [0.25, 0.3) is 5.91 Å². The minimum atomic E-state index is -3.50. The van der Waals surface area contributed by atoms with Gasteiger partial charge in [-0.05, 0) is 41.8 Å². The molecule has 0 spiro atoms. The van der Waals surface area contributed by atoms with Crippen molar-refractivity contribution in [2.75, 3.05) is 18.1 Å². The molecule has 2 aromatic rings. The van der Waals surface area contributed by atoms with Crippen LogP contribution in [0.25, 0.3) is 11.1 Å². The molecule has 0 aliphatic carbocycles. The van der Waals surface area contributed by atoms with Gasteiger partial charge < -0.3 is 10.2 Å². The van der Waals surface area contributed by atoms with Crippen molar-refractivity contribution in [2.45, 2.75) is 18.5 Å². The van der Waals surface area contributed by atoms with Crippen molar-refractivity contribution < 1.29 is 18.0 Å². The third kappa shape index (κ3) is 3.50. The molecular formula is C19H18ClN3O4S. The van der Waals surface area contributed by atoms with E-state index in [1.54, 1.807) is 24.3 Å². The first-order valence-corrected chi connectivity index (χ1v) is 11.0. The van der Waals surface area contributed by atoms with Gasteiger partial charge in [0.2, 0.25) is 15.9 Å². The number of rotatable bonds is 3. The van der Waals surface area contributed by atoms with Crippen LogP contribution in [0.15, 0.2) is 42.5 Å². The highest BCUT2D eigenvalue weighted by Gasteiger charge is 2.45. The van der Waals surface area contributed by atoms with Crippen molar-refractivity contribution in [1.82, 2.24) is 9.62 Å². The predicted molar refractivity (Wildman–Crippen MR) is 107 cm³/mol. The number of halogens is 1. The summed E-state index contributed by atoms with van der Waals surface area (Å²) in [5, 5.41) is 3.39. The molecule has 2 heterocycles. The Bertz CT molecular complexity index is 1070. The van der Waals surface area contributed by atoms with Crippen molar-refractivity contribution in [2.24, 2.45) is 0 Å². The molecule has 2 N–H and O–H groups in total. The van der Waals surface area contributed by atoms with Gasteiger partial charge in [0.1, 0.15) is 6.04 Å². The van der Waals surface area contributed by atoms with Crippen LogP contribution >= 0.6 is 11.6 Å². The van der Waals surface area contributed by atoms with Crippen molar-refractivity contribution in [3.63, 3.8) is 0 Å². The van der Waals surface area contributed by atoms with Gasteiger partial charge in [-0.15, -0.1) is 0 Å². The molecule has 4 rings (SSSR count). The topological polar surface area (TPSA) is 95.6 Å². The molecule has 0 saturated carbocycles. The molecule has 0 bridgehead atoms. The molecule has 7 nitrogen and oxygen atoms in total. The molecule has 2 amide bonds. The lowest BCUT2D eigenvalue weighted by Crippen LogP contribution is -2.51. The fourth-order valence-corrected chi connectivity index (χ4v) is 4.68. The lowest BCUT2D eigenvalue weighted by molar-refractivity contribution is -0.120. The van der Waals surface area contributed by atoms with E-state index < -0.39 is 28.0 Å². The molecule has 1 fully saturated rings. The molecule has 2 aliphatic rings. The summed E-state index contributed by atoms with van der Waals surface area (Å²) in [6.07, 6.45) is 1.42. The van der Waals surface area contributed by atoms with Gasteiger partial charge in [-0.25, -0.2) is 13.1 Å². The number of hydrogen-bond acceptors (Lipinski definition) is 4. The number of nitrogens with one attached hydrogen (secondary N) is 2. The summed E-state index contributed by atoms with van der Waals surface area (Å²) in [4.78, 5) is 27.3. The average Bonchev–Trinajstić information content (AvgIpc) is 2.99. The Balaban J connectivity index is 1.71. The minimum Gasteiger partial charge on any atom is -0.325 e. The Morgan fingerprint density at radius 3 is 2.46 bits per heavy atom. The largest absolute Gasteiger partial charge is 0.325 e. The molecular weight excluding hydrogens is 402 g/mol. The molecule has 2 atom stereocenters. The number of carbonyl (C=O) groups is 2. The zero-order valence-electron chi connectivity index (χ0n) is 15.0. The highest BCUT2D eigenvalue weighted by Crippen LogP contribution is 2.32. The molecule has 1 saturated heterocycles. The highest BCUT2D eigenvalue weighted by molar-refractivity contribution is 7.88. The second kappa shape index (κ2) is 6.88. The lowest BCUT2D eigenvalue weighted by atomic mass is 10.0. The number of sulfonamides is 1. The summed E-state index contributed by atoms with van der Waals surface area (Å²) in [6, 6.07) is 11.0. The Morgan fingerprint density at radius 1 is 1.11 bits per heavy atom. The Kier molecular flexibility index (Phi) is 4.65. The van der Waals surface area contributed by atoms with E-state index in [0.29, 0.717) is 29.2 Å². The second-order valence-electron chi connectivity index (χ2n) is 6.99. The zero-order valence-corrected chi connectivity index (χ0v) is 16.5. The highest BCUT2D eigenvalue weighted by atomic mass is 35.5. The van der Waals surface area contributed by atoms with Crippen LogP contribution in [-0.4, -0.2) is 50.0 Å². The van der Waals surface area contributed by atoms with E-state index >= 15 is 0 Å². The van der Waals surface area contributed by atoms with E-state index in [9.17, 15) is 18.0 Å². The van der Waals surface area contributed by atoms with Crippen LogP contribution in [0.4, 0.5) is 5.69 Å². The molecule has 2 aliphatic heterocycles. The summed E-state index contributed by atoms with van der Waals surface area (Å²) in [5.74, 6) is -0.697. The molecule has 146 valence electrons. The van der Waals surface area contributed by atoms with Crippen molar-refractivity contribution in [1.29, 1.82) is 0 Å². The number of nitrogens with zero attached hydrogens (tertiary/aromatic N) is 1. The van der Waals surface area contributed by atoms with Gasteiger partial charge in [0, 0.05) is 11.6 Å². The third-order valence-electron chi connectivity index (χ3n) is 4.98. The van der Waals surface area contributed by atoms with Crippen LogP contribution < -0.4 is 10.0 Å². The fourth-order valence-electron chi connectivity index (χ4n) is 3.76. The summed E-state index contributed by atoms with van der Waals surface area (Å²) in [6.45, 7) is 0.300. The smallest absolute Gasteiger partial charge is 0.256 e. The van der Waals surface area contributed by atoms with Crippen molar-refractivity contribution in [3.8, 4) is 11.1 Å². The first kappa shape index (κ1) is 18.9. The number of carbonyl (C=O) groups excluding carboxylic acids is 2. The van der Waals surface area contributed by atoms with Gasteiger partial charge in [-0.3, -0.25) is 9.59 Å². The minimum absolute atomic E-state index is 0.299. The monoisotopic (exact) mass is 419 g/mol. The van der Waals surface area contributed by atoms with Crippen LogP contribution in [0, 0.1) is 0 Å². The van der Waals surface area contributed by atoms with E-state index in [1.165, 1.54) is 4.90 Å². The van der Waals surface area contributed by atoms with Crippen LogP contribution in [0.3, 0.4) is 0 Å². The number of hydrogen-bond donors (Lipinski definition) is 2. The van der Waals surface area contributed by atoms with Gasteiger partial charge >= 0.3 is 0 Å². The summed E-state index contributed by atoms with van der Waals surface area (Å²) >= 11 is 5.94. The first-order valence-electron chi connectivity index (χ1n) is 8.72. The van der Waals surface area contributed by atoms with Gasteiger partial charge in [0.15, 0.2) is 0 Å². The molecule has 2 aromatic carbocycles. The van der Waals surface area contributed by atoms with Crippen LogP contribution in [0.2, 0.25) is 5.02 Å². The normalized spacial score (nSPS) is 21.7. The summed E-state index contributed by atoms with van der Waals surface area (Å²) in [7, 11) is -3.50. The van der Waals surface area contributed by atoms with Crippen molar-refractivity contribution >= 4 is 39.1 Å². The quantitative estimate of drug-likeness (QED) is 0.796. The van der Waals surface area contributed by atoms with Crippen molar-refractivity contribution in [3.05, 3.63) is 53.1 Å². The maximum absolute atomic E-state index is 13.1. The van der Waals surface area contributed by atoms with Gasteiger partial charge in [-0.2, -0.15) is 0 Å². The number of fused-ring (bicyclic) bond motifs is 2. The molecule has 28 heavy (non-hydrogen) atoms. The van der Waals surface area contributed by atoms with E-state index in [2.05, 4.69) is 10.0 Å². The SMILES string of the molecule is CS(=O)(=O)NC1CCN2C(=O)c3cc(-c4ccc(Cl)cc4)ccc3NC(=O)C12. The number of benzene rings is 2. The maximum atomic E-state index is 13.1. The summed E-state index contributed by atoms with van der Waals surface area (Å²) in [5.41, 5.74) is 2.51. The van der Waals surface area contributed by atoms with Gasteiger partial charge in [-0.1, -0.05) is 29.8 Å². The second-order valence-corrected chi connectivity index (χ2v) is 9.20. The molecule has 0 aromatic heterocycles. The molecule has 9 heteroatoms. The molecule has 0 radical (unpaired) electrons. The van der Waals surface area contributed by atoms with Crippen LogP contribution in [0.5, 0.6) is 0 Å². The van der Waals surface area contributed by atoms with E-state index in [-0.39, 0.29) is 5.91 Å². The maximum Gasteiger partial charge on any atom is 0.256 e. The van der Waals surface area contributed by atoms with E-state index in [4.69, 9.17) is 11.6 Å². The average molecular weight is 420 g/mol. The zero-order chi connectivity index (χ0) is 20.1. The third-order valence-corrected chi connectivity index (χ3v) is 5.96. The van der Waals surface area contributed by atoms with Crippen LogP contribution in [-0.2, 0) is 14.8 Å². The number of anilines is 1. The van der Waals surface area contributed by atoms with Crippen LogP contribution in [0.1, 0.15) is 16.8 Å². The lowest BCUT2D eigenvalue weighted by Gasteiger charge is -2.24. The number of amides is 2. The Hall–Kier alpha value is -2.42. The van der Waals surface area contributed by atoms with Gasteiger partial charge in [0.05, 0.1) is 23.5 Å². The first-order chi connectivity index (χ1) is 13.2. The predicted octanol–water partition coefficient (Wildman–Crippen LogP) is 2.09. The standard InChI is InChI=1S/C19H18ClN3O4S/c1-28(26,27)22-16-8-9-23-17(16)18(24)21-15-7-4-12(10-14(15)19(23)25)11-2-5-13(20)6-3-11/h2-7,10,16-17,22H,8-9H2,1H3,(H,21,24). The Labute approximate surface area is 167 Å². The van der Waals surface area contributed by atoms with E-state index in [0.717, 1.165) is 17.4 Å². The summed E-state index contributed by atoms with van der Waals surface area (Å²) < 4.78 is 25.7. The van der Waals surface area contributed by atoms with E-state index in [1.807, 2.05) is 18.2 Å². The molecule has 2 unspecified atom stereocenters. The Morgan fingerprint density at radius 2 is 1.79 bits per heavy atom. The fraction of sp³-hybridized carbons (Fsp3) is 0.263.